The summed E-state index contributed by atoms with van der Waals surface area (Å²) in [6.07, 6.45) is 0. The number of aryl methyl sites for hydroxylation is 1. The molecule has 0 unspecified atom stereocenters. The number of piperazine rings is 1. The molecule has 1 amide bonds. The van der Waals surface area contributed by atoms with Gasteiger partial charge in [0.15, 0.2) is 0 Å². The maximum absolute atomic E-state index is 11.5. The Morgan fingerprint density at radius 2 is 1.74 bits per heavy atom. The molecular weight excluding hydrogens is 338 g/mol. The summed E-state index contributed by atoms with van der Waals surface area (Å²) in [6, 6.07) is 10.3. The number of nitrogens with one attached hydrogen (secondary N) is 1. The van der Waals surface area contributed by atoms with Crippen LogP contribution in [0.2, 0.25) is 0 Å². The van der Waals surface area contributed by atoms with Gasteiger partial charge < -0.3 is 15.1 Å². The van der Waals surface area contributed by atoms with Gasteiger partial charge >= 0.3 is 0 Å². The van der Waals surface area contributed by atoms with Gasteiger partial charge in [-0.15, -0.1) is 0 Å². The van der Waals surface area contributed by atoms with Crippen molar-refractivity contribution in [3.05, 3.63) is 41.6 Å². The molecule has 6 heteroatoms. The van der Waals surface area contributed by atoms with Gasteiger partial charge in [-0.2, -0.15) is 4.98 Å². The van der Waals surface area contributed by atoms with Crippen molar-refractivity contribution in [2.75, 3.05) is 36.4 Å². The highest BCUT2D eigenvalue weighted by atomic mass is 16.2. The molecule has 1 aliphatic heterocycles. The monoisotopic (exact) mass is 367 g/mol. The third-order valence-electron chi connectivity index (χ3n) is 4.85. The van der Waals surface area contributed by atoms with Crippen LogP contribution in [0, 0.1) is 6.92 Å². The minimum absolute atomic E-state index is 0.0392. The van der Waals surface area contributed by atoms with Gasteiger partial charge in [-0.3, -0.25) is 4.79 Å². The zero-order chi connectivity index (χ0) is 19.6. The van der Waals surface area contributed by atoms with E-state index in [9.17, 15) is 4.79 Å². The number of aromatic nitrogens is 2. The zero-order valence-corrected chi connectivity index (χ0v) is 16.9. The Hall–Kier alpha value is -2.63. The molecule has 0 saturated carbocycles. The molecule has 27 heavy (non-hydrogen) atoms. The lowest BCUT2D eigenvalue weighted by atomic mass is 9.86. The van der Waals surface area contributed by atoms with E-state index in [1.807, 2.05) is 24.0 Å². The van der Waals surface area contributed by atoms with Crippen molar-refractivity contribution in [2.24, 2.45) is 0 Å². The molecule has 1 aromatic heterocycles. The van der Waals surface area contributed by atoms with E-state index in [0.717, 1.165) is 30.3 Å². The Bertz CT molecular complexity index is 820. The summed E-state index contributed by atoms with van der Waals surface area (Å²) < 4.78 is 0. The van der Waals surface area contributed by atoms with Crippen molar-refractivity contribution >= 4 is 23.4 Å². The third kappa shape index (κ3) is 4.56. The van der Waals surface area contributed by atoms with E-state index < -0.39 is 0 Å². The van der Waals surface area contributed by atoms with Crippen LogP contribution in [-0.4, -0.2) is 47.0 Å². The first kappa shape index (κ1) is 19.1. The van der Waals surface area contributed by atoms with Crippen LogP contribution in [0.3, 0.4) is 0 Å². The van der Waals surface area contributed by atoms with Crippen LogP contribution in [0.5, 0.6) is 0 Å². The Labute approximate surface area is 161 Å². The maximum Gasteiger partial charge on any atom is 0.227 e. The van der Waals surface area contributed by atoms with Crippen LogP contribution < -0.4 is 10.2 Å². The number of para-hydroxylation sites is 1. The van der Waals surface area contributed by atoms with Crippen LogP contribution in [0.1, 0.15) is 39.0 Å². The minimum Gasteiger partial charge on any atom is -0.340 e. The number of carbonyl (C=O) groups excluding carboxylic acids is 1. The number of amides is 1. The van der Waals surface area contributed by atoms with E-state index in [2.05, 4.69) is 54.2 Å². The number of rotatable bonds is 3. The largest absolute Gasteiger partial charge is 0.340 e. The normalized spacial score (nSPS) is 15.0. The molecule has 1 saturated heterocycles. The fourth-order valence-corrected chi connectivity index (χ4v) is 3.36. The summed E-state index contributed by atoms with van der Waals surface area (Å²) in [7, 11) is 0. The molecule has 6 nitrogen and oxygen atoms in total. The second kappa shape index (κ2) is 7.55. The summed E-state index contributed by atoms with van der Waals surface area (Å²) in [5, 5.41) is 3.48. The molecule has 3 rings (SSSR count). The quantitative estimate of drug-likeness (QED) is 0.900. The third-order valence-corrected chi connectivity index (χ3v) is 4.85. The Balaban J connectivity index is 1.82. The molecule has 1 aliphatic rings. The van der Waals surface area contributed by atoms with Crippen molar-refractivity contribution in [1.29, 1.82) is 0 Å². The van der Waals surface area contributed by atoms with Gasteiger partial charge in [-0.05, 0) is 24.0 Å². The van der Waals surface area contributed by atoms with Crippen molar-refractivity contribution in [1.82, 2.24) is 14.9 Å². The van der Waals surface area contributed by atoms with Crippen molar-refractivity contribution in [2.45, 2.75) is 40.0 Å². The van der Waals surface area contributed by atoms with E-state index in [1.54, 1.807) is 6.92 Å². The zero-order valence-electron chi connectivity index (χ0n) is 16.9. The predicted molar refractivity (Wildman–Crippen MR) is 110 cm³/mol. The lowest BCUT2D eigenvalue weighted by Gasteiger charge is -2.34. The average Bonchev–Trinajstić information content (AvgIpc) is 2.61. The SMILES string of the molecule is CC(=O)N1CCN(c2nc(C)cc(Nc3ccccc3C(C)(C)C)n2)CC1. The van der Waals surface area contributed by atoms with E-state index in [1.165, 1.54) is 5.56 Å². The molecule has 144 valence electrons. The fraction of sp³-hybridized carbons (Fsp3) is 0.476. The number of nitrogens with zero attached hydrogens (tertiary/aromatic N) is 4. The maximum atomic E-state index is 11.5. The number of hydrogen-bond acceptors (Lipinski definition) is 5. The van der Waals surface area contributed by atoms with Crippen molar-refractivity contribution in [3.8, 4) is 0 Å². The first-order chi connectivity index (χ1) is 12.7. The molecule has 0 atom stereocenters. The lowest BCUT2D eigenvalue weighted by molar-refractivity contribution is -0.129. The summed E-state index contributed by atoms with van der Waals surface area (Å²) in [5.41, 5.74) is 3.27. The Kier molecular flexibility index (Phi) is 5.35. The highest BCUT2D eigenvalue weighted by Crippen LogP contribution is 2.31. The second-order valence-corrected chi connectivity index (χ2v) is 8.11. The van der Waals surface area contributed by atoms with E-state index >= 15 is 0 Å². The van der Waals surface area contributed by atoms with Gasteiger partial charge in [-0.25, -0.2) is 4.98 Å². The molecule has 0 bridgehead atoms. The number of benzene rings is 1. The first-order valence-corrected chi connectivity index (χ1v) is 9.47. The van der Waals surface area contributed by atoms with E-state index in [4.69, 9.17) is 4.98 Å². The first-order valence-electron chi connectivity index (χ1n) is 9.47. The predicted octanol–water partition coefficient (Wildman–Crippen LogP) is 3.49. The highest BCUT2D eigenvalue weighted by Gasteiger charge is 2.22. The summed E-state index contributed by atoms with van der Waals surface area (Å²) in [5.74, 6) is 1.64. The van der Waals surface area contributed by atoms with Crippen LogP contribution >= 0.6 is 0 Å². The summed E-state index contributed by atoms with van der Waals surface area (Å²) >= 11 is 0. The van der Waals surface area contributed by atoms with Gasteiger partial charge in [0.2, 0.25) is 11.9 Å². The molecule has 0 radical (unpaired) electrons. The topological polar surface area (TPSA) is 61.4 Å². The van der Waals surface area contributed by atoms with Gasteiger partial charge in [0, 0.05) is 50.6 Å². The highest BCUT2D eigenvalue weighted by molar-refractivity contribution is 5.73. The number of anilines is 3. The van der Waals surface area contributed by atoms with E-state index in [0.29, 0.717) is 19.0 Å². The van der Waals surface area contributed by atoms with Crippen molar-refractivity contribution < 1.29 is 4.79 Å². The standard InChI is InChI=1S/C21H29N5O/c1-15-14-19(23-18-9-7-6-8-17(18)21(3,4)5)24-20(22-15)26-12-10-25(11-13-26)16(2)27/h6-9,14H,10-13H2,1-5H3,(H,22,23,24). The Morgan fingerprint density at radius 3 is 2.37 bits per heavy atom. The summed E-state index contributed by atoms with van der Waals surface area (Å²) in [6.45, 7) is 13.1. The molecule has 2 heterocycles. The van der Waals surface area contributed by atoms with Crippen LogP contribution in [0.25, 0.3) is 0 Å². The Morgan fingerprint density at radius 1 is 1.07 bits per heavy atom. The smallest absolute Gasteiger partial charge is 0.227 e. The van der Waals surface area contributed by atoms with Gasteiger partial charge in [0.05, 0.1) is 0 Å². The van der Waals surface area contributed by atoms with E-state index in [-0.39, 0.29) is 11.3 Å². The minimum atomic E-state index is 0.0392. The average molecular weight is 367 g/mol. The molecule has 0 aliphatic carbocycles. The lowest BCUT2D eigenvalue weighted by Crippen LogP contribution is -2.48. The van der Waals surface area contributed by atoms with Gasteiger partial charge in [-0.1, -0.05) is 39.0 Å². The molecule has 1 fully saturated rings. The number of hydrogen-bond donors (Lipinski definition) is 1. The molecule has 1 aromatic carbocycles. The number of carbonyl (C=O) groups is 1. The van der Waals surface area contributed by atoms with Gasteiger partial charge in [0.25, 0.3) is 0 Å². The van der Waals surface area contributed by atoms with Crippen LogP contribution in [-0.2, 0) is 10.2 Å². The van der Waals surface area contributed by atoms with Crippen molar-refractivity contribution in [3.63, 3.8) is 0 Å². The van der Waals surface area contributed by atoms with Gasteiger partial charge in [0.1, 0.15) is 5.82 Å². The van der Waals surface area contributed by atoms with Crippen LogP contribution in [0.15, 0.2) is 30.3 Å². The fourth-order valence-electron chi connectivity index (χ4n) is 3.36. The second-order valence-electron chi connectivity index (χ2n) is 8.11. The summed E-state index contributed by atoms with van der Waals surface area (Å²) in [4.78, 5) is 24.9. The molecular formula is C21H29N5O. The molecule has 1 N–H and O–H groups in total. The van der Waals surface area contributed by atoms with Crippen LogP contribution in [0.4, 0.5) is 17.5 Å². The molecule has 0 spiro atoms. The molecule has 2 aromatic rings.